The standard InChI is InChI=1S/C24H21ClN2O5/c1-15(28)32-20-8-4-6-17(12-20)23(29)27-19-7-3-5-16(11-19)14-26-24(30)21-13-18(25)9-10-22(21)31-2/h3-13H,14H2,1-2H3,(H,26,30)(H,27,29). The van der Waals surface area contributed by atoms with Crippen LogP contribution in [0.15, 0.2) is 66.7 Å². The Kier molecular flexibility index (Phi) is 7.46. The maximum absolute atomic E-state index is 12.6. The van der Waals surface area contributed by atoms with Gasteiger partial charge in [0.25, 0.3) is 11.8 Å². The van der Waals surface area contributed by atoms with Crippen LogP contribution in [0.1, 0.15) is 33.2 Å². The normalized spacial score (nSPS) is 10.2. The third kappa shape index (κ3) is 6.09. The van der Waals surface area contributed by atoms with Gasteiger partial charge in [0.2, 0.25) is 0 Å². The van der Waals surface area contributed by atoms with Crippen molar-refractivity contribution in [2.24, 2.45) is 0 Å². The summed E-state index contributed by atoms with van der Waals surface area (Å²) < 4.78 is 10.2. The molecule has 0 spiro atoms. The van der Waals surface area contributed by atoms with Crippen LogP contribution in [-0.4, -0.2) is 24.9 Å². The first-order valence-electron chi connectivity index (χ1n) is 9.66. The fourth-order valence-electron chi connectivity index (χ4n) is 2.96. The third-order valence-corrected chi connectivity index (χ3v) is 4.64. The third-order valence-electron chi connectivity index (χ3n) is 4.40. The SMILES string of the molecule is COc1ccc(Cl)cc1C(=O)NCc1cccc(NC(=O)c2cccc(OC(C)=O)c2)c1. The summed E-state index contributed by atoms with van der Waals surface area (Å²) in [6.45, 7) is 1.53. The fourth-order valence-corrected chi connectivity index (χ4v) is 3.14. The van der Waals surface area contributed by atoms with Crippen molar-refractivity contribution in [2.45, 2.75) is 13.5 Å². The second-order valence-corrected chi connectivity index (χ2v) is 7.24. The van der Waals surface area contributed by atoms with E-state index in [1.807, 2.05) is 6.07 Å². The number of anilines is 1. The number of ether oxygens (including phenoxy) is 2. The first-order chi connectivity index (χ1) is 15.4. The molecule has 0 atom stereocenters. The molecule has 0 aliphatic rings. The van der Waals surface area contributed by atoms with Crippen LogP contribution in [0, 0.1) is 0 Å². The first kappa shape index (κ1) is 22.8. The number of methoxy groups -OCH3 is 1. The van der Waals surface area contributed by atoms with Crippen LogP contribution < -0.4 is 20.1 Å². The number of hydrogen-bond acceptors (Lipinski definition) is 5. The number of carbonyl (C=O) groups excluding carboxylic acids is 3. The minimum absolute atomic E-state index is 0.236. The molecule has 0 saturated carbocycles. The van der Waals surface area contributed by atoms with Gasteiger partial charge in [-0.15, -0.1) is 0 Å². The van der Waals surface area contributed by atoms with E-state index in [-0.39, 0.29) is 24.1 Å². The van der Waals surface area contributed by atoms with Gasteiger partial charge in [-0.05, 0) is 54.1 Å². The van der Waals surface area contributed by atoms with Crippen LogP contribution in [0.4, 0.5) is 5.69 Å². The van der Waals surface area contributed by atoms with Crippen molar-refractivity contribution >= 4 is 35.1 Å². The van der Waals surface area contributed by atoms with E-state index in [1.54, 1.807) is 48.5 Å². The van der Waals surface area contributed by atoms with Gasteiger partial charge in [0.15, 0.2) is 0 Å². The Morgan fingerprint density at radius 3 is 2.47 bits per heavy atom. The maximum Gasteiger partial charge on any atom is 0.308 e. The summed E-state index contributed by atoms with van der Waals surface area (Å²) in [6, 6.07) is 18.2. The molecule has 0 heterocycles. The summed E-state index contributed by atoms with van der Waals surface area (Å²) in [6.07, 6.45) is 0. The summed E-state index contributed by atoms with van der Waals surface area (Å²) in [4.78, 5) is 36.2. The Labute approximate surface area is 190 Å². The molecule has 0 unspecified atom stereocenters. The molecule has 3 aromatic rings. The highest BCUT2D eigenvalue weighted by Gasteiger charge is 2.13. The molecule has 0 aliphatic carbocycles. The Morgan fingerprint density at radius 2 is 1.72 bits per heavy atom. The van der Waals surface area contributed by atoms with Gasteiger partial charge in [0, 0.05) is 29.7 Å². The number of benzene rings is 3. The summed E-state index contributed by atoms with van der Waals surface area (Å²) in [7, 11) is 1.48. The van der Waals surface area contributed by atoms with E-state index in [4.69, 9.17) is 21.1 Å². The van der Waals surface area contributed by atoms with Crippen LogP contribution in [-0.2, 0) is 11.3 Å². The van der Waals surface area contributed by atoms with E-state index >= 15 is 0 Å². The maximum atomic E-state index is 12.6. The molecule has 2 N–H and O–H groups in total. The molecule has 7 nitrogen and oxygen atoms in total. The molecule has 0 aromatic heterocycles. The van der Waals surface area contributed by atoms with E-state index < -0.39 is 5.97 Å². The van der Waals surface area contributed by atoms with Crippen LogP contribution in [0.3, 0.4) is 0 Å². The van der Waals surface area contributed by atoms with Crippen LogP contribution in [0.2, 0.25) is 5.02 Å². The van der Waals surface area contributed by atoms with Crippen molar-refractivity contribution in [3.63, 3.8) is 0 Å². The number of halogens is 1. The number of hydrogen-bond donors (Lipinski definition) is 2. The highest BCUT2D eigenvalue weighted by Crippen LogP contribution is 2.23. The lowest BCUT2D eigenvalue weighted by atomic mass is 10.1. The van der Waals surface area contributed by atoms with E-state index in [0.29, 0.717) is 27.6 Å². The van der Waals surface area contributed by atoms with E-state index in [0.717, 1.165) is 5.56 Å². The van der Waals surface area contributed by atoms with Gasteiger partial charge in [-0.3, -0.25) is 14.4 Å². The van der Waals surface area contributed by atoms with Crippen LogP contribution >= 0.6 is 11.6 Å². The minimum Gasteiger partial charge on any atom is -0.496 e. The molecular formula is C24H21ClN2O5. The van der Waals surface area contributed by atoms with Gasteiger partial charge >= 0.3 is 5.97 Å². The van der Waals surface area contributed by atoms with Crippen molar-refractivity contribution in [1.82, 2.24) is 5.32 Å². The molecule has 164 valence electrons. The van der Waals surface area contributed by atoms with Gasteiger partial charge in [0.1, 0.15) is 11.5 Å². The molecule has 0 radical (unpaired) electrons. The number of esters is 1. The molecule has 2 amide bonds. The lowest BCUT2D eigenvalue weighted by Crippen LogP contribution is -2.23. The van der Waals surface area contributed by atoms with Gasteiger partial charge in [-0.2, -0.15) is 0 Å². The molecular weight excluding hydrogens is 432 g/mol. The van der Waals surface area contributed by atoms with Crippen molar-refractivity contribution in [3.05, 3.63) is 88.4 Å². The molecule has 3 rings (SSSR count). The summed E-state index contributed by atoms with van der Waals surface area (Å²) in [5.74, 6) is -0.445. The number of rotatable bonds is 7. The zero-order valence-corrected chi connectivity index (χ0v) is 18.2. The average molecular weight is 453 g/mol. The van der Waals surface area contributed by atoms with Crippen LogP contribution in [0.5, 0.6) is 11.5 Å². The van der Waals surface area contributed by atoms with Crippen molar-refractivity contribution < 1.29 is 23.9 Å². The van der Waals surface area contributed by atoms with Crippen molar-refractivity contribution in [3.8, 4) is 11.5 Å². The molecule has 0 bridgehead atoms. The quantitative estimate of drug-likeness (QED) is 0.408. The monoisotopic (exact) mass is 452 g/mol. The topological polar surface area (TPSA) is 93.7 Å². The van der Waals surface area contributed by atoms with Crippen molar-refractivity contribution in [2.75, 3.05) is 12.4 Å². The van der Waals surface area contributed by atoms with Gasteiger partial charge < -0.3 is 20.1 Å². The van der Waals surface area contributed by atoms with Gasteiger partial charge in [0.05, 0.1) is 12.7 Å². The summed E-state index contributed by atoms with van der Waals surface area (Å²) in [5, 5.41) is 6.04. The molecule has 32 heavy (non-hydrogen) atoms. The lowest BCUT2D eigenvalue weighted by molar-refractivity contribution is -0.131. The predicted octanol–water partition coefficient (Wildman–Crippen LogP) is 4.46. The Bertz CT molecular complexity index is 1160. The van der Waals surface area contributed by atoms with Gasteiger partial charge in [-0.25, -0.2) is 0 Å². The molecule has 0 fully saturated rings. The first-order valence-corrected chi connectivity index (χ1v) is 10.0. The second kappa shape index (κ2) is 10.5. The number of carbonyl (C=O) groups is 3. The Balaban J connectivity index is 1.66. The highest BCUT2D eigenvalue weighted by atomic mass is 35.5. The van der Waals surface area contributed by atoms with Gasteiger partial charge in [-0.1, -0.05) is 29.8 Å². The summed E-state index contributed by atoms with van der Waals surface area (Å²) >= 11 is 5.99. The fraction of sp³-hybridized carbons (Fsp3) is 0.125. The zero-order valence-electron chi connectivity index (χ0n) is 17.5. The molecule has 8 heteroatoms. The molecule has 3 aromatic carbocycles. The highest BCUT2D eigenvalue weighted by molar-refractivity contribution is 6.31. The Hall–Kier alpha value is -3.84. The smallest absolute Gasteiger partial charge is 0.308 e. The predicted molar refractivity (Wildman–Crippen MR) is 121 cm³/mol. The number of nitrogens with one attached hydrogen (secondary N) is 2. The molecule has 0 saturated heterocycles. The largest absolute Gasteiger partial charge is 0.496 e. The molecule has 0 aliphatic heterocycles. The van der Waals surface area contributed by atoms with E-state index in [9.17, 15) is 14.4 Å². The number of amides is 2. The van der Waals surface area contributed by atoms with Crippen molar-refractivity contribution in [1.29, 1.82) is 0 Å². The zero-order chi connectivity index (χ0) is 23.1. The Morgan fingerprint density at radius 1 is 0.938 bits per heavy atom. The second-order valence-electron chi connectivity index (χ2n) is 6.80. The summed E-state index contributed by atoms with van der Waals surface area (Å²) in [5.41, 5.74) is 2.01. The average Bonchev–Trinajstić information content (AvgIpc) is 2.77. The van der Waals surface area contributed by atoms with E-state index in [1.165, 1.54) is 26.2 Å². The van der Waals surface area contributed by atoms with Crippen LogP contribution in [0.25, 0.3) is 0 Å². The minimum atomic E-state index is -0.465. The van der Waals surface area contributed by atoms with E-state index in [2.05, 4.69) is 10.6 Å². The lowest BCUT2D eigenvalue weighted by Gasteiger charge is -2.11.